The molecule has 0 bridgehead atoms. The van der Waals surface area contributed by atoms with Crippen LogP contribution in [0.15, 0.2) is 5.38 Å². The molecule has 3 N–H and O–H groups in total. The second kappa shape index (κ2) is 8.13. The first-order valence-electron chi connectivity index (χ1n) is 8.15. The van der Waals surface area contributed by atoms with Gasteiger partial charge < -0.3 is 16.0 Å². The van der Waals surface area contributed by atoms with Gasteiger partial charge in [0.25, 0.3) is 0 Å². The molecule has 2 rings (SSSR count). The Kier molecular flexibility index (Phi) is 6.39. The first-order valence-corrected chi connectivity index (χ1v) is 10.8. The Labute approximate surface area is 151 Å². The van der Waals surface area contributed by atoms with Gasteiger partial charge in [0.15, 0.2) is 15.0 Å². The number of carbonyl (C=O) groups is 2. The number of carbonyl (C=O) groups excluding carboxylic acids is 2. The summed E-state index contributed by atoms with van der Waals surface area (Å²) in [6, 6.07) is -1.66. The number of urea groups is 1. The van der Waals surface area contributed by atoms with Crippen molar-refractivity contribution in [1.82, 2.24) is 15.6 Å². The number of amides is 3. The monoisotopic (exact) mass is 388 g/mol. The van der Waals surface area contributed by atoms with Crippen LogP contribution in [0, 0.1) is 12.8 Å². The van der Waals surface area contributed by atoms with Gasteiger partial charge in [-0.3, -0.25) is 4.79 Å². The summed E-state index contributed by atoms with van der Waals surface area (Å²) < 4.78 is 22.9. The number of anilines is 1. The highest BCUT2D eigenvalue weighted by atomic mass is 32.2. The third-order valence-electron chi connectivity index (χ3n) is 3.75. The summed E-state index contributed by atoms with van der Waals surface area (Å²) in [5, 5.41) is 10.3. The minimum Gasteiger partial charge on any atom is -0.334 e. The van der Waals surface area contributed by atoms with Crippen LogP contribution in [0.5, 0.6) is 0 Å². The van der Waals surface area contributed by atoms with Gasteiger partial charge in [0.1, 0.15) is 6.04 Å². The first kappa shape index (κ1) is 19.6. The SMILES string of the molecule is Cc1csc(NC(=O)[C@H](CC(C)C)NC(=O)NC2CCS(=O)(=O)C2)n1. The largest absolute Gasteiger partial charge is 0.334 e. The van der Waals surface area contributed by atoms with Crippen LogP contribution in [0.4, 0.5) is 9.93 Å². The van der Waals surface area contributed by atoms with Crippen molar-refractivity contribution >= 4 is 38.2 Å². The summed E-state index contributed by atoms with van der Waals surface area (Å²) in [5.41, 5.74) is 0.814. The van der Waals surface area contributed by atoms with E-state index in [0.29, 0.717) is 18.0 Å². The summed E-state index contributed by atoms with van der Waals surface area (Å²) in [6.07, 6.45) is 0.863. The van der Waals surface area contributed by atoms with E-state index in [1.54, 1.807) is 0 Å². The van der Waals surface area contributed by atoms with Gasteiger partial charge in [-0.15, -0.1) is 11.3 Å². The van der Waals surface area contributed by atoms with Crippen molar-refractivity contribution in [2.45, 2.75) is 45.7 Å². The lowest BCUT2D eigenvalue weighted by molar-refractivity contribution is -0.118. The fourth-order valence-corrected chi connectivity index (χ4v) is 4.97. The molecule has 140 valence electrons. The molecule has 1 saturated heterocycles. The van der Waals surface area contributed by atoms with E-state index in [-0.39, 0.29) is 23.3 Å². The molecule has 1 fully saturated rings. The smallest absolute Gasteiger partial charge is 0.315 e. The van der Waals surface area contributed by atoms with Gasteiger partial charge in [-0.05, 0) is 25.7 Å². The number of nitrogens with zero attached hydrogens (tertiary/aromatic N) is 1. The molecule has 0 spiro atoms. The molecule has 1 aliphatic heterocycles. The van der Waals surface area contributed by atoms with Gasteiger partial charge in [-0.25, -0.2) is 18.2 Å². The molecule has 1 unspecified atom stereocenters. The minimum absolute atomic E-state index is 0.0557. The van der Waals surface area contributed by atoms with Crippen molar-refractivity contribution < 1.29 is 18.0 Å². The number of aromatic nitrogens is 1. The molecule has 8 nitrogen and oxygen atoms in total. The number of hydrogen-bond acceptors (Lipinski definition) is 6. The van der Waals surface area contributed by atoms with Gasteiger partial charge in [0.05, 0.1) is 17.2 Å². The quantitative estimate of drug-likeness (QED) is 0.679. The lowest BCUT2D eigenvalue weighted by atomic mass is 10.0. The zero-order valence-corrected chi connectivity index (χ0v) is 16.2. The number of aryl methyl sites for hydroxylation is 1. The standard InChI is InChI=1S/C15H24N4O4S2/c1-9(2)6-12(13(20)19-15-16-10(3)7-24-15)18-14(21)17-11-4-5-25(22,23)8-11/h7,9,11-12H,4-6,8H2,1-3H3,(H,16,19,20)(H2,17,18,21)/t11?,12-/m0/s1. The van der Waals surface area contributed by atoms with Gasteiger partial charge in [0, 0.05) is 11.4 Å². The summed E-state index contributed by atoms with van der Waals surface area (Å²) in [4.78, 5) is 28.8. The lowest BCUT2D eigenvalue weighted by Crippen LogP contribution is -2.51. The predicted molar refractivity (Wildman–Crippen MR) is 97.4 cm³/mol. The third kappa shape index (κ3) is 6.28. The molecule has 2 atom stereocenters. The molecular formula is C15H24N4O4S2. The fraction of sp³-hybridized carbons (Fsp3) is 0.667. The Bertz CT molecular complexity index is 730. The average molecular weight is 389 g/mol. The Balaban J connectivity index is 1.94. The number of rotatable bonds is 6. The second-order valence-electron chi connectivity index (χ2n) is 6.68. The van der Waals surface area contributed by atoms with E-state index >= 15 is 0 Å². The highest BCUT2D eigenvalue weighted by Gasteiger charge is 2.30. The second-order valence-corrected chi connectivity index (χ2v) is 9.77. The van der Waals surface area contributed by atoms with Crippen LogP contribution in [0.2, 0.25) is 0 Å². The van der Waals surface area contributed by atoms with E-state index in [1.165, 1.54) is 11.3 Å². The molecule has 1 aromatic heterocycles. The van der Waals surface area contributed by atoms with Crippen molar-refractivity contribution in [2.75, 3.05) is 16.8 Å². The van der Waals surface area contributed by atoms with Gasteiger partial charge in [0.2, 0.25) is 5.91 Å². The minimum atomic E-state index is -3.07. The van der Waals surface area contributed by atoms with Gasteiger partial charge >= 0.3 is 6.03 Å². The molecule has 0 saturated carbocycles. The summed E-state index contributed by atoms with van der Waals surface area (Å²) >= 11 is 1.32. The van der Waals surface area contributed by atoms with E-state index in [4.69, 9.17) is 0 Å². The summed E-state index contributed by atoms with van der Waals surface area (Å²) in [7, 11) is -3.07. The number of hydrogen-bond donors (Lipinski definition) is 3. The zero-order chi connectivity index (χ0) is 18.6. The molecule has 1 aromatic rings. The van der Waals surface area contributed by atoms with Crippen molar-refractivity contribution in [3.8, 4) is 0 Å². The Morgan fingerprint density at radius 3 is 2.64 bits per heavy atom. The van der Waals surface area contributed by atoms with E-state index < -0.39 is 28.0 Å². The zero-order valence-electron chi connectivity index (χ0n) is 14.5. The first-order chi connectivity index (χ1) is 11.6. The van der Waals surface area contributed by atoms with Gasteiger partial charge in [-0.1, -0.05) is 13.8 Å². The molecule has 0 aromatic carbocycles. The maximum absolute atomic E-state index is 12.5. The number of sulfone groups is 1. The number of thiazole rings is 1. The van der Waals surface area contributed by atoms with Crippen LogP contribution in [-0.2, 0) is 14.6 Å². The lowest BCUT2D eigenvalue weighted by Gasteiger charge is -2.21. The average Bonchev–Trinajstić information content (AvgIpc) is 3.03. The molecule has 1 aliphatic rings. The molecule has 0 radical (unpaired) electrons. The van der Waals surface area contributed by atoms with Crippen molar-refractivity contribution in [3.63, 3.8) is 0 Å². The molecule has 2 heterocycles. The molecule has 10 heteroatoms. The fourth-order valence-electron chi connectivity index (χ4n) is 2.60. The highest BCUT2D eigenvalue weighted by molar-refractivity contribution is 7.91. The van der Waals surface area contributed by atoms with Crippen LogP contribution >= 0.6 is 11.3 Å². The van der Waals surface area contributed by atoms with Crippen molar-refractivity contribution in [3.05, 3.63) is 11.1 Å². The van der Waals surface area contributed by atoms with Crippen LogP contribution in [0.25, 0.3) is 0 Å². The van der Waals surface area contributed by atoms with Crippen molar-refractivity contribution in [2.24, 2.45) is 5.92 Å². The normalized spacial score (nSPS) is 20.2. The van der Waals surface area contributed by atoms with Crippen LogP contribution in [0.1, 0.15) is 32.4 Å². The maximum atomic E-state index is 12.5. The van der Waals surface area contributed by atoms with E-state index in [1.807, 2.05) is 26.2 Å². The number of nitrogens with one attached hydrogen (secondary N) is 3. The molecule has 3 amide bonds. The predicted octanol–water partition coefficient (Wildman–Crippen LogP) is 1.29. The maximum Gasteiger partial charge on any atom is 0.315 e. The van der Waals surface area contributed by atoms with Crippen molar-refractivity contribution in [1.29, 1.82) is 0 Å². The van der Waals surface area contributed by atoms with E-state index in [2.05, 4.69) is 20.9 Å². The third-order valence-corrected chi connectivity index (χ3v) is 6.39. The summed E-state index contributed by atoms with van der Waals surface area (Å²) in [6.45, 7) is 5.74. The van der Waals surface area contributed by atoms with E-state index in [9.17, 15) is 18.0 Å². The molecule has 25 heavy (non-hydrogen) atoms. The van der Waals surface area contributed by atoms with Crippen LogP contribution in [0.3, 0.4) is 0 Å². The van der Waals surface area contributed by atoms with Crippen LogP contribution in [-0.4, -0.2) is 48.9 Å². The summed E-state index contributed by atoms with van der Waals surface area (Å²) in [5.74, 6) is -0.116. The molecule has 0 aliphatic carbocycles. The highest BCUT2D eigenvalue weighted by Crippen LogP contribution is 2.16. The Morgan fingerprint density at radius 1 is 1.40 bits per heavy atom. The molecular weight excluding hydrogens is 364 g/mol. The van der Waals surface area contributed by atoms with Gasteiger partial charge in [-0.2, -0.15) is 0 Å². The topological polar surface area (TPSA) is 117 Å². The van der Waals surface area contributed by atoms with E-state index in [0.717, 1.165) is 5.69 Å². The van der Waals surface area contributed by atoms with Crippen LogP contribution < -0.4 is 16.0 Å². The Hall–Kier alpha value is -1.68. The Morgan fingerprint density at radius 2 is 2.12 bits per heavy atom.